The molecule has 0 spiro atoms. The summed E-state index contributed by atoms with van der Waals surface area (Å²) in [5.74, 6) is 0. The van der Waals surface area contributed by atoms with Gasteiger partial charge in [-0.1, -0.05) is 27.7 Å². The molecule has 0 aliphatic rings. The van der Waals surface area contributed by atoms with Gasteiger partial charge in [0.1, 0.15) is 0 Å². The second-order valence-corrected chi connectivity index (χ2v) is 5.97. The van der Waals surface area contributed by atoms with Gasteiger partial charge in [-0.3, -0.25) is 0 Å². The number of nitrogens with one attached hydrogen (secondary N) is 1. The fourth-order valence-electron chi connectivity index (χ4n) is 1.96. The van der Waals surface area contributed by atoms with Crippen molar-refractivity contribution in [1.82, 2.24) is 5.32 Å². The Morgan fingerprint density at radius 3 is 2.33 bits per heavy atom. The van der Waals surface area contributed by atoms with Gasteiger partial charge in [0, 0.05) is 19.8 Å². The standard InChI is InChI=1S/C15H33NO2/c1-6-10-16-14(15(2,3)4)9-7-8-11-18-13-12-17-5/h14,16H,6-13H2,1-5H3. The third-order valence-corrected chi connectivity index (χ3v) is 3.15. The molecule has 3 nitrogen and oxygen atoms in total. The maximum Gasteiger partial charge on any atom is 0.0700 e. The van der Waals surface area contributed by atoms with Crippen molar-refractivity contribution in [3.63, 3.8) is 0 Å². The van der Waals surface area contributed by atoms with E-state index >= 15 is 0 Å². The maximum absolute atomic E-state index is 5.48. The number of hydrogen-bond donors (Lipinski definition) is 1. The SMILES string of the molecule is CCCNC(CCCCOCCOC)C(C)(C)C. The number of methoxy groups -OCH3 is 1. The molecule has 3 heteroatoms. The lowest BCUT2D eigenvalue weighted by atomic mass is 9.83. The van der Waals surface area contributed by atoms with Crippen molar-refractivity contribution in [2.24, 2.45) is 5.41 Å². The van der Waals surface area contributed by atoms with Crippen LogP contribution < -0.4 is 5.32 Å². The number of hydrogen-bond acceptors (Lipinski definition) is 3. The smallest absolute Gasteiger partial charge is 0.0700 e. The van der Waals surface area contributed by atoms with Gasteiger partial charge < -0.3 is 14.8 Å². The third-order valence-electron chi connectivity index (χ3n) is 3.15. The highest BCUT2D eigenvalue weighted by Gasteiger charge is 2.22. The average molecular weight is 259 g/mol. The Morgan fingerprint density at radius 1 is 1.06 bits per heavy atom. The van der Waals surface area contributed by atoms with Gasteiger partial charge in [-0.25, -0.2) is 0 Å². The summed E-state index contributed by atoms with van der Waals surface area (Å²) in [4.78, 5) is 0. The summed E-state index contributed by atoms with van der Waals surface area (Å²) in [5, 5.41) is 3.66. The van der Waals surface area contributed by atoms with Crippen molar-refractivity contribution in [1.29, 1.82) is 0 Å². The molecule has 110 valence electrons. The topological polar surface area (TPSA) is 30.5 Å². The predicted molar refractivity (Wildman–Crippen MR) is 78.1 cm³/mol. The molecule has 0 aliphatic carbocycles. The summed E-state index contributed by atoms with van der Waals surface area (Å²) in [6.07, 6.45) is 4.81. The van der Waals surface area contributed by atoms with E-state index in [1.165, 1.54) is 19.3 Å². The first-order valence-electron chi connectivity index (χ1n) is 7.32. The minimum atomic E-state index is 0.339. The molecular weight excluding hydrogens is 226 g/mol. The van der Waals surface area contributed by atoms with Gasteiger partial charge in [-0.2, -0.15) is 0 Å². The Labute approximate surface area is 114 Å². The molecule has 1 N–H and O–H groups in total. The molecular formula is C15H33NO2. The zero-order chi connectivity index (χ0) is 13.9. The summed E-state index contributed by atoms with van der Waals surface area (Å²) in [5.41, 5.74) is 0.339. The largest absolute Gasteiger partial charge is 0.382 e. The average Bonchev–Trinajstić information content (AvgIpc) is 2.30. The zero-order valence-electron chi connectivity index (χ0n) is 13.1. The second kappa shape index (κ2) is 10.8. The summed E-state index contributed by atoms with van der Waals surface area (Å²) >= 11 is 0. The Hall–Kier alpha value is -0.120. The van der Waals surface area contributed by atoms with E-state index in [1.54, 1.807) is 7.11 Å². The van der Waals surface area contributed by atoms with E-state index in [1.807, 2.05) is 0 Å². The molecule has 0 rings (SSSR count). The molecule has 0 aromatic rings. The molecule has 0 amide bonds. The van der Waals surface area contributed by atoms with Crippen LogP contribution in [-0.4, -0.2) is 39.5 Å². The van der Waals surface area contributed by atoms with Crippen LogP contribution in [0.15, 0.2) is 0 Å². The van der Waals surface area contributed by atoms with Gasteiger partial charge in [0.05, 0.1) is 13.2 Å². The molecule has 0 saturated heterocycles. The quantitative estimate of drug-likeness (QED) is 0.578. The van der Waals surface area contributed by atoms with E-state index in [2.05, 4.69) is 33.0 Å². The number of ether oxygens (including phenoxy) is 2. The van der Waals surface area contributed by atoms with Crippen molar-refractivity contribution >= 4 is 0 Å². The lowest BCUT2D eigenvalue weighted by Crippen LogP contribution is -2.40. The summed E-state index contributed by atoms with van der Waals surface area (Å²) in [6.45, 7) is 12.5. The van der Waals surface area contributed by atoms with Crippen molar-refractivity contribution in [3.8, 4) is 0 Å². The van der Waals surface area contributed by atoms with Crippen LogP contribution in [0.3, 0.4) is 0 Å². The van der Waals surface area contributed by atoms with Crippen LogP contribution in [0.4, 0.5) is 0 Å². The molecule has 0 heterocycles. The minimum Gasteiger partial charge on any atom is -0.382 e. The van der Waals surface area contributed by atoms with E-state index < -0.39 is 0 Å². The van der Waals surface area contributed by atoms with E-state index in [0.717, 1.165) is 19.6 Å². The third kappa shape index (κ3) is 9.86. The van der Waals surface area contributed by atoms with Gasteiger partial charge in [0.15, 0.2) is 0 Å². The van der Waals surface area contributed by atoms with E-state index in [-0.39, 0.29) is 0 Å². The molecule has 1 unspecified atom stereocenters. The van der Waals surface area contributed by atoms with Gasteiger partial charge in [0.2, 0.25) is 0 Å². The Morgan fingerprint density at radius 2 is 1.78 bits per heavy atom. The lowest BCUT2D eigenvalue weighted by molar-refractivity contribution is 0.0678. The van der Waals surface area contributed by atoms with Gasteiger partial charge in [-0.05, 0) is 37.6 Å². The number of unbranched alkanes of at least 4 members (excludes halogenated alkanes) is 1. The highest BCUT2D eigenvalue weighted by molar-refractivity contribution is 4.80. The minimum absolute atomic E-state index is 0.339. The van der Waals surface area contributed by atoms with E-state index in [4.69, 9.17) is 9.47 Å². The van der Waals surface area contributed by atoms with Crippen LogP contribution in [0.1, 0.15) is 53.4 Å². The van der Waals surface area contributed by atoms with E-state index in [9.17, 15) is 0 Å². The highest BCUT2D eigenvalue weighted by atomic mass is 16.5. The molecule has 1 atom stereocenters. The molecule has 18 heavy (non-hydrogen) atoms. The van der Waals surface area contributed by atoms with Crippen LogP contribution >= 0.6 is 0 Å². The van der Waals surface area contributed by atoms with Crippen LogP contribution in [0.25, 0.3) is 0 Å². The van der Waals surface area contributed by atoms with Gasteiger partial charge in [0.25, 0.3) is 0 Å². The summed E-state index contributed by atoms with van der Waals surface area (Å²) in [6, 6.07) is 0.608. The molecule has 0 aromatic carbocycles. The summed E-state index contributed by atoms with van der Waals surface area (Å²) < 4.78 is 10.4. The lowest BCUT2D eigenvalue weighted by Gasteiger charge is -2.32. The zero-order valence-corrected chi connectivity index (χ0v) is 13.1. The summed E-state index contributed by atoms with van der Waals surface area (Å²) in [7, 11) is 1.71. The second-order valence-electron chi connectivity index (χ2n) is 5.97. The van der Waals surface area contributed by atoms with E-state index in [0.29, 0.717) is 24.7 Å². The molecule has 0 fully saturated rings. The van der Waals surface area contributed by atoms with Crippen LogP contribution in [0.2, 0.25) is 0 Å². The van der Waals surface area contributed by atoms with Crippen molar-refractivity contribution in [2.75, 3.05) is 33.5 Å². The number of rotatable bonds is 11. The monoisotopic (exact) mass is 259 g/mol. The molecule has 0 aromatic heterocycles. The van der Waals surface area contributed by atoms with Crippen molar-refractivity contribution in [3.05, 3.63) is 0 Å². The fraction of sp³-hybridized carbons (Fsp3) is 1.00. The first kappa shape index (κ1) is 17.9. The molecule has 0 radical (unpaired) electrons. The molecule has 0 aliphatic heterocycles. The normalized spacial score (nSPS) is 13.8. The van der Waals surface area contributed by atoms with Crippen LogP contribution in [-0.2, 0) is 9.47 Å². The maximum atomic E-state index is 5.48. The molecule has 0 bridgehead atoms. The first-order valence-corrected chi connectivity index (χ1v) is 7.32. The van der Waals surface area contributed by atoms with Gasteiger partial charge >= 0.3 is 0 Å². The Balaban J connectivity index is 3.63. The first-order chi connectivity index (χ1) is 8.52. The Kier molecular flexibility index (Phi) is 10.7. The Bertz CT molecular complexity index is 178. The molecule has 0 saturated carbocycles. The fourth-order valence-corrected chi connectivity index (χ4v) is 1.96. The van der Waals surface area contributed by atoms with Gasteiger partial charge in [-0.15, -0.1) is 0 Å². The van der Waals surface area contributed by atoms with Crippen LogP contribution in [0, 0.1) is 5.41 Å². The van der Waals surface area contributed by atoms with Crippen LogP contribution in [0.5, 0.6) is 0 Å². The highest BCUT2D eigenvalue weighted by Crippen LogP contribution is 2.23. The predicted octanol–water partition coefficient (Wildman–Crippen LogP) is 3.23. The van der Waals surface area contributed by atoms with Crippen molar-refractivity contribution < 1.29 is 9.47 Å². The van der Waals surface area contributed by atoms with Crippen molar-refractivity contribution in [2.45, 2.75) is 59.4 Å².